The van der Waals surface area contributed by atoms with Gasteiger partial charge >= 0.3 is 0 Å². The minimum atomic E-state index is -0.203. The molecule has 1 saturated heterocycles. The van der Waals surface area contributed by atoms with Crippen LogP contribution in [0.5, 0.6) is 0 Å². The van der Waals surface area contributed by atoms with Gasteiger partial charge in [0.05, 0.1) is 12.2 Å². The zero-order valence-corrected chi connectivity index (χ0v) is 7.92. The molecule has 2 atom stereocenters. The first-order valence-electron chi connectivity index (χ1n) is 4.61. The Morgan fingerprint density at radius 2 is 1.92 bits per heavy atom. The van der Waals surface area contributed by atoms with E-state index in [4.69, 9.17) is 15.6 Å². The average molecular weight is 173 g/mol. The second-order valence-corrected chi connectivity index (χ2v) is 4.00. The van der Waals surface area contributed by atoms with Crippen LogP contribution in [0.4, 0.5) is 0 Å². The summed E-state index contributed by atoms with van der Waals surface area (Å²) in [5, 5.41) is 8.84. The highest BCUT2D eigenvalue weighted by Gasteiger charge is 2.34. The summed E-state index contributed by atoms with van der Waals surface area (Å²) in [4.78, 5) is 0. The number of aliphatic hydroxyl groups is 1. The molecule has 0 aromatic heterocycles. The van der Waals surface area contributed by atoms with Gasteiger partial charge in [0.25, 0.3) is 0 Å². The maximum atomic E-state index is 8.84. The average Bonchev–Trinajstić information content (AvgIpc) is 1.82. The van der Waals surface area contributed by atoms with E-state index in [2.05, 4.69) is 0 Å². The molecule has 72 valence electrons. The second kappa shape index (κ2) is 3.73. The standard InChI is InChI=1S/C9H19NO2/c1-7-5-9(10,3-4-11)6-8(2)12-7/h7-8,11H,3-6,10H2,1-2H3. The Balaban J connectivity index is 2.52. The number of nitrogens with two attached hydrogens (primary N) is 1. The van der Waals surface area contributed by atoms with Crippen molar-refractivity contribution in [1.82, 2.24) is 0 Å². The fraction of sp³-hybridized carbons (Fsp3) is 1.00. The first-order chi connectivity index (χ1) is 5.56. The molecule has 0 bridgehead atoms. The molecular formula is C9H19NO2. The third kappa shape index (κ3) is 2.44. The van der Waals surface area contributed by atoms with Crippen LogP contribution in [-0.2, 0) is 4.74 Å². The smallest absolute Gasteiger partial charge is 0.0568 e. The molecule has 0 spiro atoms. The van der Waals surface area contributed by atoms with Crippen molar-refractivity contribution in [2.24, 2.45) is 5.73 Å². The van der Waals surface area contributed by atoms with Gasteiger partial charge in [-0.25, -0.2) is 0 Å². The van der Waals surface area contributed by atoms with Gasteiger partial charge in [0, 0.05) is 12.1 Å². The maximum Gasteiger partial charge on any atom is 0.0568 e. The van der Waals surface area contributed by atoms with Crippen molar-refractivity contribution >= 4 is 0 Å². The number of aliphatic hydroxyl groups excluding tert-OH is 1. The monoisotopic (exact) mass is 173 g/mol. The predicted octanol–water partition coefficient (Wildman–Crippen LogP) is 0.654. The number of rotatable bonds is 2. The van der Waals surface area contributed by atoms with E-state index in [1.165, 1.54) is 0 Å². The zero-order chi connectivity index (χ0) is 9.19. The third-order valence-corrected chi connectivity index (χ3v) is 2.46. The molecule has 3 heteroatoms. The Bertz CT molecular complexity index is 139. The molecule has 0 amide bonds. The Labute approximate surface area is 73.9 Å². The maximum absolute atomic E-state index is 8.84. The first-order valence-corrected chi connectivity index (χ1v) is 4.61. The number of hydrogen-bond donors (Lipinski definition) is 2. The van der Waals surface area contributed by atoms with E-state index in [9.17, 15) is 0 Å². The van der Waals surface area contributed by atoms with Crippen LogP contribution < -0.4 is 5.73 Å². The van der Waals surface area contributed by atoms with E-state index in [1.807, 2.05) is 13.8 Å². The summed E-state index contributed by atoms with van der Waals surface area (Å²) < 4.78 is 5.57. The van der Waals surface area contributed by atoms with Gasteiger partial charge in [-0.15, -0.1) is 0 Å². The molecule has 0 aromatic rings. The van der Waals surface area contributed by atoms with Crippen molar-refractivity contribution in [3.63, 3.8) is 0 Å². The van der Waals surface area contributed by atoms with Gasteiger partial charge in [0.15, 0.2) is 0 Å². The van der Waals surface area contributed by atoms with Crippen LogP contribution >= 0.6 is 0 Å². The van der Waals surface area contributed by atoms with Crippen molar-refractivity contribution < 1.29 is 9.84 Å². The van der Waals surface area contributed by atoms with Crippen molar-refractivity contribution in [3.8, 4) is 0 Å². The van der Waals surface area contributed by atoms with Gasteiger partial charge in [0.2, 0.25) is 0 Å². The topological polar surface area (TPSA) is 55.5 Å². The van der Waals surface area contributed by atoms with Gasteiger partial charge in [-0.3, -0.25) is 0 Å². The van der Waals surface area contributed by atoms with E-state index in [0.717, 1.165) is 12.8 Å². The molecule has 0 aromatic carbocycles. The summed E-state index contributed by atoms with van der Waals surface area (Å²) in [7, 11) is 0. The molecular weight excluding hydrogens is 154 g/mol. The summed E-state index contributed by atoms with van der Waals surface area (Å²) >= 11 is 0. The lowest BCUT2D eigenvalue weighted by molar-refractivity contribution is -0.0642. The molecule has 0 radical (unpaired) electrons. The lowest BCUT2D eigenvalue weighted by Crippen LogP contribution is -2.50. The Hall–Kier alpha value is -0.120. The van der Waals surface area contributed by atoms with Crippen molar-refractivity contribution in [2.75, 3.05) is 6.61 Å². The molecule has 1 fully saturated rings. The van der Waals surface area contributed by atoms with Crippen LogP contribution in [0, 0.1) is 0 Å². The van der Waals surface area contributed by atoms with E-state index >= 15 is 0 Å². The zero-order valence-electron chi connectivity index (χ0n) is 7.92. The molecule has 3 nitrogen and oxygen atoms in total. The molecule has 2 unspecified atom stereocenters. The van der Waals surface area contributed by atoms with E-state index in [-0.39, 0.29) is 24.4 Å². The molecule has 1 aliphatic rings. The number of ether oxygens (including phenoxy) is 1. The lowest BCUT2D eigenvalue weighted by Gasteiger charge is -2.40. The highest BCUT2D eigenvalue weighted by Crippen LogP contribution is 2.28. The van der Waals surface area contributed by atoms with Crippen molar-refractivity contribution in [2.45, 2.75) is 50.9 Å². The highest BCUT2D eigenvalue weighted by atomic mass is 16.5. The minimum absolute atomic E-state index is 0.177. The van der Waals surface area contributed by atoms with Crippen LogP contribution in [0.25, 0.3) is 0 Å². The summed E-state index contributed by atoms with van der Waals surface area (Å²) in [6.45, 7) is 4.25. The Morgan fingerprint density at radius 1 is 1.42 bits per heavy atom. The predicted molar refractivity (Wildman–Crippen MR) is 47.9 cm³/mol. The molecule has 0 saturated carbocycles. The Kier molecular flexibility index (Phi) is 3.09. The molecule has 0 aliphatic carbocycles. The van der Waals surface area contributed by atoms with Crippen LogP contribution in [0.1, 0.15) is 33.1 Å². The summed E-state index contributed by atoms with van der Waals surface area (Å²) in [6, 6.07) is 0. The van der Waals surface area contributed by atoms with Crippen LogP contribution in [-0.4, -0.2) is 29.5 Å². The van der Waals surface area contributed by atoms with Gasteiger partial charge < -0.3 is 15.6 Å². The van der Waals surface area contributed by atoms with E-state index < -0.39 is 0 Å². The SMILES string of the molecule is CC1CC(N)(CCO)CC(C)O1. The lowest BCUT2D eigenvalue weighted by atomic mass is 9.83. The first kappa shape index (κ1) is 9.96. The molecule has 1 rings (SSSR count). The Morgan fingerprint density at radius 3 is 2.33 bits per heavy atom. The van der Waals surface area contributed by atoms with Crippen LogP contribution in [0.2, 0.25) is 0 Å². The van der Waals surface area contributed by atoms with Gasteiger partial charge in [-0.1, -0.05) is 0 Å². The molecule has 12 heavy (non-hydrogen) atoms. The second-order valence-electron chi connectivity index (χ2n) is 4.00. The van der Waals surface area contributed by atoms with Crippen molar-refractivity contribution in [3.05, 3.63) is 0 Å². The van der Waals surface area contributed by atoms with Crippen LogP contribution in [0.3, 0.4) is 0 Å². The molecule has 1 aliphatic heterocycles. The molecule has 1 heterocycles. The van der Waals surface area contributed by atoms with Gasteiger partial charge in [-0.05, 0) is 33.1 Å². The normalized spacial score (nSPS) is 43.0. The third-order valence-electron chi connectivity index (χ3n) is 2.46. The minimum Gasteiger partial charge on any atom is -0.396 e. The van der Waals surface area contributed by atoms with Crippen molar-refractivity contribution in [1.29, 1.82) is 0 Å². The number of hydrogen-bond acceptors (Lipinski definition) is 3. The van der Waals surface area contributed by atoms with Gasteiger partial charge in [0.1, 0.15) is 0 Å². The largest absolute Gasteiger partial charge is 0.396 e. The highest BCUT2D eigenvalue weighted by molar-refractivity contribution is 4.91. The van der Waals surface area contributed by atoms with E-state index in [0.29, 0.717) is 6.42 Å². The summed E-state index contributed by atoms with van der Waals surface area (Å²) in [6.07, 6.45) is 2.86. The fourth-order valence-electron chi connectivity index (χ4n) is 2.15. The summed E-state index contributed by atoms with van der Waals surface area (Å²) in [5.41, 5.74) is 5.91. The van der Waals surface area contributed by atoms with Crippen LogP contribution in [0.15, 0.2) is 0 Å². The van der Waals surface area contributed by atoms with Gasteiger partial charge in [-0.2, -0.15) is 0 Å². The quantitative estimate of drug-likeness (QED) is 0.644. The molecule has 3 N–H and O–H groups in total. The van der Waals surface area contributed by atoms with E-state index in [1.54, 1.807) is 0 Å². The summed E-state index contributed by atoms with van der Waals surface area (Å²) in [5.74, 6) is 0. The fourth-order valence-corrected chi connectivity index (χ4v) is 2.15.